The average Bonchev–Trinajstić information content (AvgIpc) is 2.06. The molecule has 0 amide bonds. The van der Waals surface area contributed by atoms with Crippen molar-refractivity contribution in [1.82, 2.24) is 0 Å². The second kappa shape index (κ2) is 9.43. The van der Waals surface area contributed by atoms with Gasteiger partial charge in [-0.05, 0) is 0 Å². The van der Waals surface area contributed by atoms with Crippen LogP contribution in [0.3, 0.4) is 0 Å². The third-order valence-corrected chi connectivity index (χ3v) is 1.63. The minimum atomic E-state index is -4.04. The molecular weight excluding hydrogens is 211 g/mol. The van der Waals surface area contributed by atoms with Crippen molar-refractivity contribution >= 4 is 10.1 Å². The standard InChI is InChI=1S/C6H6.C3H6O3S.Na/c1-2-4-6-5-3-1;1-2-3-7(4,5)6;/h1-6H;2H,1,3H2,(H,4,5,6);/q;;+1/p-1. The van der Waals surface area contributed by atoms with Crippen LogP contribution in [-0.2, 0) is 10.1 Å². The SMILES string of the molecule is C=CCS(=O)(=O)[O-].[Na+].c1ccccc1. The molecule has 0 aliphatic carbocycles. The summed E-state index contributed by atoms with van der Waals surface area (Å²) in [6, 6.07) is 12.0. The number of rotatable bonds is 2. The van der Waals surface area contributed by atoms with Crippen molar-refractivity contribution in [2.45, 2.75) is 0 Å². The van der Waals surface area contributed by atoms with Crippen molar-refractivity contribution in [2.75, 3.05) is 5.75 Å². The smallest absolute Gasteiger partial charge is 0.748 e. The molecule has 72 valence electrons. The Kier molecular flexibility index (Phi) is 11.0. The molecule has 0 heterocycles. The molecule has 3 nitrogen and oxygen atoms in total. The summed E-state index contributed by atoms with van der Waals surface area (Å²) in [7, 11) is -4.04. The van der Waals surface area contributed by atoms with Gasteiger partial charge in [-0.1, -0.05) is 42.5 Å². The van der Waals surface area contributed by atoms with Crippen LogP contribution in [0.2, 0.25) is 0 Å². The molecule has 0 unspecified atom stereocenters. The topological polar surface area (TPSA) is 57.2 Å². The van der Waals surface area contributed by atoms with E-state index in [4.69, 9.17) is 0 Å². The zero-order chi connectivity index (χ0) is 10.2. The normalized spacial score (nSPS) is 8.93. The first-order valence-electron chi connectivity index (χ1n) is 3.61. The minimum Gasteiger partial charge on any atom is -0.748 e. The molecule has 0 bridgehead atoms. The Morgan fingerprint density at radius 2 is 1.36 bits per heavy atom. The van der Waals surface area contributed by atoms with E-state index in [0.29, 0.717) is 0 Å². The summed E-state index contributed by atoms with van der Waals surface area (Å²) in [6.07, 6.45) is 1.06. The fourth-order valence-electron chi connectivity index (χ4n) is 0.529. The molecule has 14 heavy (non-hydrogen) atoms. The van der Waals surface area contributed by atoms with Gasteiger partial charge in [0.15, 0.2) is 0 Å². The largest absolute Gasteiger partial charge is 1.00 e. The molecule has 0 spiro atoms. The van der Waals surface area contributed by atoms with Crippen molar-refractivity contribution in [2.24, 2.45) is 0 Å². The quantitative estimate of drug-likeness (QED) is 0.344. The van der Waals surface area contributed by atoms with Gasteiger partial charge in [-0.2, -0.15) is 0 Å². The van der Waals surface area contributed by atoms with Crippen LogP contribution in [0.4, 0.5) is 0 Å². The molecule has 0 saturated heterocycles. The van der Waals surface area contributed by atoms with E-state index in [-0.39, 0.29) is 29.6 Å². The minimum absolute atomic E-state index is 0. The molecule has 0 saturated carbocycles. The zero-order valence-electron chi connectivity index (χ0n) is 8.09. The zero-order valence-corrected chi connectivity index (χ0v) is 10.9. The van der Waals surface area contributed by atoms with Crippen molar-refractivity contribution in [3.63, 3.8) is 0 Å². The van der Waals surface area contributed by atoms with Crippen molar-refractivity contribution in [1.29, 1.82) is 0 Å². The van der Waals surface area contributed by atoms with Crippen LogP contribution in [0.5, 0.6) is 0 Å². The van der Waals surface area contributed by atoms with Crippen LogP contribution in [0, 0.1) is 0 Å². The third-order valence-electron chi connectivity index (χ3n) is 0.989. The first-order valence-corrected chi connectivity index (χ1v) is 5.18. The van der Waals surface area contributed by atoms with Gasteiger partial charge in [-0.3, -0.25) is 0 Å². The van der Waals surface area contributed by atoms with Gasteiger partial charge in [0.1, 0.15) is 0 Å². The van der Waals surface area contributed by atoms with Gasteiger partial charge in [-0.25, -0.2) is 8.42 Å². The molecule has 1 aromatic rings. The van der Waals surface area contributed by atoms with Crippen LogP contribution < -0.4 is 29.6 Å². The average molecular weight is 222 g/mol. The molecule has 0 N–H and O–H groups in total. The molecule has 5 heteroatoms. The molecule has 1 rings (SSSR count). The molecule has 0 aliphatic heterocycles. The van der Waals surface area contributed by atoms with E-state index in [9.17, 15) is 13.0 Å². The summed E-state index contributed by atoms with van der Waals surface area (Å²) in [4.78, 5) is 0. The molecule has 0 radical (unpaired) electrons. The van der Waals surface area contributed by atoms with Crippen molar-refractivity contribution in [3.05, 3.63) is 49.1 Å². The van der Waals surface area contributed by atoms with E-state index in [0.717, 1.165) is 6.08 Å². The van der Waals surface area contributed by atoms with Gasteiger partial charge < -0.3 is 4.55 Å². The summed E-state index contributed by atoms with van der Waals surface area (Å²) in [6.45, 7) is 3.07. The maximum absolute atomic E-state index is 9.60. The Morgan fingerprint density at radius 3 is 1.43 bits per heavy atom. The second-order valence-electron chi connectivity index (χ2n) is 2.17. The van der Waals surface area contributed by atoms with E-state index >= 15 is 0 Å². The van der Waals surface area contributed by atoms with E-state index < -0.39 is 15.9 Å². The fourth-order valence-corrected chi connectivity index (χ4v) is 0.818. The molecule has 1 aromatic carbocycles. The van der Waals surface area contributed by atoms with Gasteiger partial charge in [0.25, 0.3) is 0 Å². The molecule has 0 fully saturated rings. The Labute approximate surface area is 107 Å². The maximum atomic E-state index is 9.60. The van der Waals surface area contributed by atoms with Crippen LogP contribution in [0.25, 0.3) is 0 Å². The van der Waals surface area contributed by atoms with Gasteiger partial charge in [0.2, 0.25) is 0 Å². The van der Waals surface area contributed by atoms with Crippen molar-refractivity contribution in [3.8, 4) is 0 Å². The Morgan fingerprint density at radius 1 is 1.07 bits per heavy atom. The Bertz CT molecular complexity index is 294. The summed E-state index contributed by atoms with van der Waals surface area (Å²) < 4.78 is 28.8. The Balaban J connectivity index is 0. The first-order chi connectivity index (χ1) is 6.06. The van der Waals surface area contributed by atoms with E-state index in [1.807, 2.05) is 36.4 Å². The third kappa shape index (κ3) is 14.4. The number of hydrogen-bond acceptors (Lipinski definition) is 3. The summed E-state index contributed by atoms with van der Waals surface area (Å²) in [5.41, 5.74) is 0. The van der Waals surface area contributed by atoms with Crippen LogP contribution in [0.15, 0.2) is 49.1 Å². The Hall–Kier alpha value is -0.130. The molecular formula is C9H11NaO3S. The van der Waals surface area contributed by atoms with Crippen LogP contribution in [-0.4, -0.2) is 18.7 Å². The van der Waals surface area contributed by atoms with Gasteiger partial charge in [0, 0.05) is 0 Å². The van der Waals surface area contributed by atoms with Crippen LogP contribution >= 0.6 is 0 Å². The summed E-state index contributed by atoms with van der Waals surface area (Å²) in [5.74, 6) is -0.479. The van der Waals surface area contributed by atoms with Crippen molar-refractivity contribution < 1.29 is 42.5 Å². The second-order valence-corrected chi connectivity index (χ2v) is 3.62. The number of benzene rings is 1. The predicted octanol–water partition coefficient (Wildman–Crippen LogP) is -1.59. The van der Waals surface area contributed by atoms with Gasteiger partial charge in [0.05, 0.1) is 15.9 Å². The van der Waals surface area contributed by atoms with E-state index in [1.54, 1.807) is 0 Å². The maximum Gasteiger partial charge on any atom is 1.00 e. The number of hydrogen-bond donors (Lipinski definition) is 0. The summed E-state index contributed by atoms with van der Waals surface area (Å²) >= 11 is 0. The first kappa shape index (κ1) is 16.3. The van der Waals surface area contributed by atoms with E-state index in [1.165, 1.54) is 0 Å². The van der Waals surface area contributed by atoms with Gasteiger partial charge >= 0.3 is 29.6 Å². The molecule has 0 atom stereocenters. The fraction of sp³-hybridized carbons (Fsp3) is 0.111. The predicted molar refractivity (Wildman–Crippen MR) is 51.2 cm³/mol. The molecule has 0 aromatic heterocycles. The van der Waals surface area contributed by atoms with Gasteiger partial charge in [-0.15, -0.1) is 6.58 Å². The van der Waals surface area contributed by atoms with E-state index in [2.05, 4.69) is 6.58 Å². The summed E-state index contributed by atoms with van der Waals surface area (Å²) in [5, 5.41) is 0. The van der Waals surface area contributed by atoms with Crippen LogP contribution in [0.1, 0.15) is 0 Å². The monoisotopic (exact) mass is 222 g/mol. The molecule has 0 aliphatic rings.